The van der Waals surface area contributed by atoms with Crippen molar-refractivity contribution in [3.05, 3.63) is 41.2 Å². The van der Waals surface area contributed by atoms with Crippen LogP contribution in [0.15, 0.2) is 29.4 Å². The lowest BCUT2D eigenvalue weighted by Gasteiger charge is -2.11. The molecule has 0 saturated carbocycles. The minimum absolute atomic E-state index is 0.114. The highest BCUT2D eigenvalue weighted by Crippen LogP contribution is 2.21. The van der Waals surface area contributed by atoms with Gasteiger partial charge in [0, 0.05) is 31.1 Å². The molecule has 0 aliphatic carbocycles. The maximum atomic E-state index is 12.1. The molecular formula is C21H30N4O2S. The summed E-state index contributed by atoms with van der Waals surface area (Å²) in [5.74, 6) is 2.15. The number of methoxy groups -OCH3 is 1. The molecule has 28 heavy (non-hydrogen) atoms. The first-order valence-electron chi connectivity index (χ1n) is 9.51. The van der Waals surface area contributed by atoms with Crippen LogP contribution in [-0.4, -0.2) is 40.6 Å². The molecule has 6 nitrogen and oxygen atoms in total. The molecule has 2 aromatic rings. The fourth-order valence-electron chi connectivity index (χ4n) is 2.87. The number of aromatic nitrogens is 3. The number of nitrogens with zero attached hydrogens (tertiary/aromatic N) is 3. The van der Waals surface area contributed by atoms with E-state index in [0.29, 0.717) is 12.5 Å². The van der Waals surface area contributed by atoms with E-state index in [1.807, 2.05) is 31.4 Å². The topological polar surface area (TPSA) is 69.0 Å². The minimum atomic E-state index is -0.114. The van der Waals surface area contributed by atoms with E-state index >= 15 is 0 Å². The van der Waals surface area contributed by atoms with Crippen LogP contribution < -0.4 is 10.1 Å². The highest BCUT2D eigenvalue weighted by molar-refractivity contribution is 7.98. The predicted octanol–water partition coefficient (Wildman–Crippen LogP) is 3.74. The largest absolute Gasteiger partial charge is 0.496 e. The van der Waals surface area contributed by atoms with Crippen molar-refractivity contribution in [2.45, 2.75) is 45.3 Å². The summed E-state index contributed by atoms with van der Waals surface area (Å²) in [5.41, 5.74) is 2.01. The molecule has 0 aliphatic rings. The van der Waals surface area contributed by atoms with Crippen LogP contribution in [0.4, 0.5) is 0 Å². The van der Waals surface area contributed by atoms with Crippen LogP contribution in [0.1, 0.15) is 37.2 Å². The molecular weight excluding hydrogens is 372 g/mol. The molecule has 1 amide bonds. The first-order chi connectivity index (χ1) is 13.4. The van der Waals surface area contributed by atoms with Crippen molar-refractivity contribution < 1.29 is 9.53 Å². The molecule has 1 heterocycles. The van der Waals surface area contributed by atoms with Gasteiger partial charge in [0.15, 0.2) is 5.16 Å². The third-order valence-electron chi connectivity index (χ3n) is 4.20. The molecule has 152 valence electrons. The molecule has 0 bridgehead atoms. The first kappa shape index (κ1) is 22.0. The number of carbonyl (C=O) groups is 1. The molecule has 0 spiro atoms. The third kappa shape index (κ3) is 6.41. The molecule has 0 aliphatic heterocycles. The van der Waals surface area contributed by atoms with E-state index in [2.05, 4.69) is 33.9 Å². The maximum Gasteiger partial charge on any atom is 0.244 e. The molecule has 0 atom stereocenters. The van der Waals surface area contributed by atoms with Crippen molar-refractivity contribution >= 4 is 23.7 Å². The SMILES string of the molecule is COc1ccc(C)cc1/C=C/C(=O)NCCCc1nnc(SC)n1CC(C)C. The summed E-state index contributed by atoms with van der Waals surface area (Å²) in [6, 6.07) is 5.88. The van der Waals surface area contributed by atoms with E-state index in [9.17, 15) is 4.79 Å². The Kier molecular flexibility index (Phi) is 8.57. The number of aryl methyl sites for hydroxylation is 2. The van der Waals surface area contributed by atoms with Gasteiger partial charge in [-0.1, -0.05) is 37.2 Å². The number of amides is 1. The second-order valence-electron chi connectivity index (χ2n) is 7.08. The molecule has 0 radical (unpaired) electrons. The van der Waals surface area contributed by atoms with Gasteiger partial charge in [0.25, 0.3) is 0 Å². The van der Waals surface area contributed by atoms with Gasteiger partial charge >= 0.3 is 0 Å². The molecule has 7 heteroatoms. The Balaban J connectivity index is 1.85. The van der Waals surface area contributed by atoms with Gasteiger partial charge in [0.1, 0.15) is 11.6 Å². The highest BCUT2D eigenvalue weighted by Gasteiger charge is 2.12. The van der Waals surface area contributed by atoms with Gasteiger partial charge in [-0.15, -0.1) is 10.2 Å². The summed E-state index contributed by atoms with van der Waals surface area (Å²) in [6.07, 6.45) is 6.95. The zero-order chi connectivity index (χ0) is 20.5. The van der Waals surface area contributed by atoms with Gasteiger partial charge in [-0.25, -0.2) is 0 Å². The summed E-state index contributed by atoms with van der Waals surface area (Å²) < 4.78 is 7.51. The first-order valence-corrected chi connectivity index (χ1v) is 10.7. The number of thioether (sulfide) groups is 1. The van der Waals surface area contributed by atoms with E-state index in [-0.39, 0.29) is 5.91 Å². The van der Waals surface area contributed by atoms with E-state index in [1.54, 1.807) is 31.0 Å². The molecule has 2 rings (SSSR count). The van der Waals surface area contributed by atoms with Crippen LogP contribution >= 0.6 is 11.8 Å². The molecule has 1 N–H and O–H groups in total. The van der Waals surface area contributed by atoms with Crippen LogP contribution in [0.2, 0.25) is 0 Å². The van der Waals surface area contributed by atoms with Crippen molar-refractivity contribution in [1.29, 1.82) is 0 Å². The second-order valence-corrected chi connectivity index (χ2v) is 7.85. The van der Waals surface area contributed by atoms with Gasteiger partial charge < -0.3 is 14.6 Å². The van der Waals surface area contributed by atoms with Crippen LogP contribution in [0.25, 0.3) is 6.08 Å². The quantitative estimate of drug-likeness (QED) is 0.372. The van der Waals surface area contributed by atoms with Crippen molar-refractivity contribution in [3.63, 3.8) is 0 Å². The van der Waals surface area contributed by atoms with Crippen molar-refractivity contribution in [3.8, 4) is 5.75 Å². The lowest BCUT2D eigenvalue weighted by molar-refractivity contribution is -0.116. The molecule has 0 saturated heterocycles. The Hall–Kier alpha value is -2.28. The normalized spacial score (nSPS) is 11.4. The number of carbonyl (C=O) groups excluding carboxylic acids is 1. The summed E-state index contributed by atoms with van der Waals surface area (Å²) in [6.45, 7) is 7.88. The highest BCUT2D eigenvalue weighted by atomic mass is 32.2. The average molecular weight is 403 g/mol. The number of rotatable bonds is 10. The van der Waals surface area contributed by atoms with E-state index in [1.165, 1.54) is 0 Å². The number of hydrogen-bond donors (Lipinski definition) is 1. The van der Waals surface area contributed by atoms with E-state index in [4.69, 9.17) is 4.74 Å². The van der Waals surface area contributed by atoms with E-state index in [0.717, 1.165) is 47.2 Å². The summed E-state index contributed by atoms with van der Waals surface area (Å²) in [5, 5.41) is 12.4. The van der Waals surface area contributed by atoms with Gasteiger partial charge in [0.05, 0.1) is 7.11 Å². The van der Waals surface area contributed by atoms with Crippen molar-refractivity contribution in [1.82, 2.24) is 20.1 Å². The lowest BCUT2D eigenvalue weighted by atomic mass is 10.1. The predicted molar refractivity (Wildman–Crippen MR) is 115 cm³/mol. The Morgan fingerprint density at radius 3 is 2.82 bits per heavy atom. The van der Waals surface area contributed by atoms with Gasteiger partial charge in [0.2, 0.25) is 5.91 Å². The number of ether oxygens (including phenoxy) is 1. The van der Waals surface area contributed by atoms with Crippen molar-refractivity contribution in [2.75, 3.05) is 19.9 Å². The zero-order valence-corrected chi connectivity index (χ0v) is 18.2. The lowest BCUT2D eigenvalue weighted by Crippen LogP contribution is -2.23. The van der Waals surface area contributed by atoms with Gasteiger partial charge in [-0.05, 0) is 43.7 Å². The van der Waals surface area contributed by atoms with Crippen LogP contribution in [0.3, 0.4) is 0 Å². The zero-order valence-electron chi connectivity index (χ0n) is 17.4. The Labute approximate surface area is 171 Å². The molecule has 0 fully saturated rings. The van der Waals surface area contributed by atoms with Gasteiger partial charge in [-0.2, -0.15) is 0 Å². The number of benzene rings is 1. The molecule has 1 aromatic heterocycles. The van der Waals surface area contributed by atoms with Crippen LogP contribution in [-0.2, 0) is 17.8 Å². The van der Waals surface area contributed by atoms with Gasteiger partial charge in [-0.3, -0.25) is 4.79 Å². The fourth-order valence-corrected chi connectivity index (χ4v) is 3.39. The monoisotopic (exact) mass is 402 g/mol. The number of hydrogen-bond acceptors (Lipinski definition) is 5. The fraction of sp³-hybridized carbons (Fsp3) is 0.476. The smallest absolute Gasteiger partial charge is 0.244 e. The summed E-state index contributed by atoms with van der Waals surface area (Å²) in [7, 11) is 1.63. The van der Waals surface area contributed by atoms with Crippen LogP contribution in [0.5, 0.6) is 5.75 Å². The Morgan fingerprint density at radius 1 is 1.36 bits per heavy atom. The Morgan fingerprint density at radius 2 is 2.14 bits per heavy atom. The van der Waals surface area contributed by atoms with Crippen LogP contribution in [0, 0.1) is 12.8 Å². The second kappa shape index (κ2) is 10.9. The number of nitrogens with one attached hydrogen (secondary N) is 1. The standard InChI is InChI=1S/C21H30N4O2S/c1-15(2)14-25-19(23-24-21(25)28-5)7-6-12-22-20(26)11-9-17-13-16(3)8-10-18(17)27-4/h8-11,13,15H,6-7,12,14H2,1-5H3,(H,22,26)/b11-9+. The summed E-state index contributed by atoms with van der Waals surface area (Å²) >= 11 is 1.61. The van der Waals surface area contributed by atoms with E-state index < -0.39 is 0 Å². The van der Waals surface area contributed by atoms with Crippen molar-refractivity contribution in [2.24, 2.45) is 5.92 Å². The average Bonchev–Trinajstić information content (AvgIpc) is 3.04. The molecule has 0 unspecified atom stereocenters. The maximum absolute atomic E-state index is 12.1. The third-order valence-corrected chi connectivity index (χ3v) is 4.87. The minimum Gasteiger partial charge on any atom is -0.496 e. The Bertz CT molecular complexity index is 815. The molecule has 1 aromatic carbocycles. The summed E-state index contributed by atoms with van der Waals surface area (Å²) in [4.78, 5) is 12.1.